The van der Waals surface area contributed by atoms with Crippen LogP contribution in [0, 0.1) is 0 Å². The zero-order chi connectivity index (χ0) is 16.2. The number of carbonyl (C=O) groups excluding carboxylic acids is 1. The number of azide groups is 1. The summed E-state index contributed by atoms with van der Waals surface area (Å²) in [5.74, 6) is -0.937. The number of benzene rings is 1. The molecule has 0 aromatic heterocycles. The zero-order valence-electron chi connectivity index (χ0n) is 12.0. The molecule has 1 fully saturated rings. The highest BCUT2D eigenvalue weighted by molar-refractivity contribution is 7.93. The summed E-state index contributed by atoms with van der Waals surface area (Å²) in [4.78, 5) is 14.6. The van der Waals surface area contributed by atoms with E-state index in [1.807, 2.05) is 0 Å². The van der Waals surface area contributed by atoms with Crippen molar-refractivity contribution >= 4 is 33.8 Å². The van der Waals surface area contributed by atoms with E-state index in [9.17, 15) is 13.2 Å². The molecule has 1 heterocycles. The lowest BCUT2D eigenvalue weighted by atomic mass is 9.96. The first-order valence-electron chi connectivity index (χ1n) is 6.53. The molecule has 126 valence electrons. The number of hydroxylamine groups is 1. The van der Waals surface area contributed by atoms with Gasteiger partial charge in [0, 0.05) is 10.6 Å². The molecule has 1 aliphatic heterocycles. The maximum absolute atomic E-state index is 12.9. The van der Waals surface area contributed by atoms with Crippen molar-refractivity contribution in [2.24, 2.45) is 5.11 Å². The van der Waals surface area contributed by atoms with Crippen LogP contribution in [0.3, 0.4) is 0 Å². The Morgan fingerprint density at radius 3 is 2.35 bits per heavy atom. The number of amides is 1. The van der Waals surface area contributed by atoms with Crippen LogP contribution in [0.1, 0.15) is 12.8 Å². The van der Waals surface area contributed by atoms with Crippen LogP contribution in [0.15, 0.2) is 34.3 Å². The second-order valence-electron chi connectivity index (χ2n) is 4.87. The van der Waals surface area contributed by atoms with E-state index in [0.29, 0.717) is 13.1 Å². The lowest BCUT2D eigenvalue weighted by Crippen LogP contribution is -2.57. The fourth-order valence-corrected chi connectivity index (χ4v) is 4.50. The number of carbonyl (C=O) groups is 1. The third-order valence-corrected chi connectivity index (χ3v) is 6.26. The molecule has 11 heteroatoms. The van der Waals surface area contributed by atoms with Crippen molar-refractivity contribution in [2.45, 2.75) is 22.5 Å². The molecule has 3 N–H and O–H groups in total. The van der Waals surface area contributed by atoms with Crippen molar-refractivity contribution in [1.29, 1.82) is 0 Å². The summed E-state index contributed by atoms with van der Waals surface area (Å²) in [7, 11) is -4.01. The number of rotatable bonds is 4. The van der Waals surface area contributed by atoms with Gasteiger partial charge in [-0.15, -0.1) is 12.4 Å². The van der Waals surface area contributed by atoms with E-state index >= 15 is 0 Å². The normalized spacial score (nSPS) is 16.6. The molecule has 0 spiro atoms. The SMILES string of the molecule is Cl.[N-]=[N+]=Nc1ccc(S(=O)(=O)C2(C(=O)NO)CCNCC2)cc1. The summed E-state index contributed by atoms with van der Waals surface area (Å²) >= 11 is 0. The quantitative estimate of drug-likeness (QED) is 0.244. The van der Waals surface area contributed by atoms with Gasteiger partial charge in [0.05, 0.1) is 4.90 Å². The number of piperidine rings is 1. The van der Waals surface area contributed by atoms with Gasteiger partial charge in [0.15, 0.2) is 14.6 Å². The molecule has 0 aliphatic carbocycles. The maximum Gasteiger partial charge on any atom is 0.265 e. The van der Waals surface area contributed by atoms with Gasteiger partial charge in [0.2, 0.25) is 0 Å². The van der Waals surface area contributed by atoms with Crippen molar-refractivity contribution < 1.29 is 18.4 Å². The van der Waals surface area contributed by atoms with Crippen LogP contribution >= 0.6 is 12.4 Å². The van der Waals surface area contributed by atoms with E-state index in [4.69, 9.17) is 10.7 Å². The fourth-order valence-electron chi connectivity index (χ4n) is 2.52. The van der Waals surface area contributed by atoms with Gasteiger partial charge in [0.1, 0.15) is 0 Å². The highest BCUT2D eigenvalue weighted by Gasteiger charge is 2.51. The molecule has 0 unspecified atom stereocenters. The highest BCUT2D eigenvalue weighted by Crippen LogP contribution is 2.34. The van der Waals surface area contributed by atoms with Crippen molar-refractivity contribution in [3.63, 3.8) is 0 Å². The molecule has 23 heavy (non-hydrogen) atoms. The third kappa shape index (κ3) is 3.41. The molecule has 1 saturated heterocycles. The molecule has 9 nitrogen and oxygen atoms in total. The molecule has 0 radical (unpaired) electrons. The summed E-state index contributed by atoms with van der Waals surface area (Å²) in [6, 6.07) is 5.29. The number of sulfone groups is 1. The second kappa shape index (κ2) is 7.62. The summed E-state index contributed by atoms with van der Waals surface area (Å²) in [5.41, 5.74) is 10.1. The molecule has 0 bridgehead atoms. The number of nitrogens with zero attached hydrogens (tertiary/aromatic N) is 3. The Kier molecular flexibility index (Phi) is 6.37. The number of hydrogen-bond donors (Lipinski definition) is 3. The van der Waals surface area contributed by atoms with Crippen molar-refractivity contribution in [3.05, 3.63) is 34.7 Å². The number of nitrogens with one attached hydrogen (secondary N) is 2. The van der Waals surface area contributed by atoms with Crippen molar-refractivity contribution in [1.82, 2.24) is 10.8 Å². The molecule has 1 amide bonds. The fraction of sp³-hybridized carbons (Fsp3) is 0.417. The summed E-state index contributed by atoms with van der Waals surface area (Å²) in [6.45, 7) is 0.701. The third-order valence-electron chi connectivity index (χ3n) is 3.75. The van der Waals surface area contributed by atoms with Gasteiger partial charge < -0.3 is 5.32 Å². The number of halogens is 1. The van der Waals surface area contributed by atoms with E-state index in [1.54, 1.807) is 0 Å². The monoisotopic (exact) mass is 361 g/mol. The Morgan fingerprint density at radius 1 is 1.30 bits per heavy atom. The van der Waals surface area contributed by atoms with Crippen molar-refractivity contribution in [3.8, 4) is 0 Å². The topological polar surface area (TPSA) is 144 Å². The Bertz CT molecular complexity index is 709. The minimum absolute atomic E-state index is 0. The van der Waals surface area contributed by atoms with Gasteiger partial charge in [0.25, 0.3) is 5.91 Å². The van der Waals surface area contributed by atoms with Crippen molar-refractivity contribution in [2.75, 3.05) is 13.1 Å². The van der Waals surface area contributed by atoms with Gasteiger partial charge in [-0.1, -0.05) is 17.2 Å². The summed E-state index contributed by atoms with van der Waals surface area (Å²) in [6.07, 6.45) is 0.111. The summed E-state index contributed by atoms with van der Waals surface area (Å²) < 4.78 is 24.0. The van der Waals surface area contributed by atoms with Crippen LogP contribution in [-0.2, 0) is 14.6 Å². The van der Waals surface area contributed by atoms with E-state index < -0.39 is 20.5 Å². The lowest BCUT2D eigenvalue weighted by molar-refractivity contribution is -0.132. The lowest BCUT2D eigenvalue weighted by Gasteiger charge is -2.34. The van der Waals surface area contributed by atoms with Crippen LogP contribution in [0.5, 0.6) is 0 Å². The average molecular weight is 362 g/mol. The summed E-state index contributed by atoms with van der Waals surface area (Å²) in [5, 5.41) is 15.3. The smallest absolute Gasteiger partial charge is 0.265 e. The van der Waals surface area contributed by atoms with Gasteiger partial charge in [-0.3, -0.25) is 10.0 Å². The Balaban J connectivity index is 0.00000264. The Hall–Kier alpha value is -1.84. The zero-order valence-corrected chi connectivity index (χ0v) is 13.6. The van der Waals surface area contributed by atoms with Gasteiger partial charge in [-0.25, -0.2) is 13.9 Å². The first kappa shape index (κ1) is 19.2. The second-order valence-corrected chi connectivity index (χ2v) is 7.13. The first-order chi connectivity index (χ1) is 10.5. The molecule has 0 saturated carbocycles. The molecule has 2 rings (SSSR count). The Labute approximate surface area is 139 Å². The highest BCUT2D eigenvalue weighted by atomic mass is 35.5. The number of hydrogen-bond acceptors (Lipinski definition) is 6. The van der Waals surface area contributed by atoms with Crippen LogP contribution in [0.2, 0.25) is 0 Å². The standard InChI is InChI=1S/C12H15N5O4S.ClH/c13-17-15-9-1-3-10(4-2-9)22(20,21)12(11(18)16-19)5-7-14-8-6-12;/h1-4,14,19H,5-8H2,(H,16,18);1H. The van der Waals surface area contributed by atoms with E-state index in [1.165, 1.54) is 29.7 Å². The average Bonchev–Trinajstić information content (AvgIpc) is 2.55. The maximum atomic E-state index is 12.9. The first-order valence-corrected chi connectivity index (χ1v) is 8.01. The molecule has 1 aromatic rings. The Morgan fingerprint density at radius 2 is 1.87 bits per heavy atom. The molecular formula is C12H16ClN5O4S. The van der Waals surface area contributed by atoms with Gasteiger partial charge in [-0.2, -0.15) is 0 Å². The predicted molar refractivity (Wildman–Crippen MR) is 84.4 cm³/mol. The minimum Gasteiger partial charge on any atom is -0.317 e. The van der Waals surface area contributed by atoms with Gasteiger partial charge in [-0.05, 0) is 43.6 Å². The molecule has 1 aromatic carbocycles. The van der Waals surface area contributed by atoms with Crippen LogP contribution < -0.4 is 10.8 Å². The minimum atomic E-state index is -4.01. The predicted octanol–water partition coefficient (Wildman–Crippen LogP) is 1.45. The van der Waals surface area contributed by atoms with Crippen LogP contribution in [0.4, 0.5) is 5.69 Å². The van der Waals surface area contributed by atoms with E-state index in [0.717, 1.165) is 0 Å². The van der Waals surface area contributed by atoms with E-state index in [2.05, 4.69) is 15.3 Å². The molecule has 0 atom stereocenters. The largest absolute Gasteiger partial charge is 0.317 e. The van der Waals surface area contributed by atoms with E-state index in [-0.39, 0.29) is 35.8 Å². The molecular weight excluding hydrogens is 346 g/mol. The van der Waals surface area contributed by atoms with Crippen LogP contribution in [0.25, 0.3) is 10.4 Å². The van der Waals surface area contributed by atoms with Gasteiger partial charge >= 0.3 is 0 Å². The molecule has 1 aliphatic rings. The van der Waals surface area contributed by atoms with Crippen LogP contribution in [-0.4, -0.2) is 37.4 Å².